The van der Waals surface area contributed by atoms with Crippen LogP contribution in [0.5, 0.6) is 0 Å². The largest absolute Gasteiger partial charge is 0.457 e. The van der Waals surface area contributed by atoms with Gasteiger partial charge in [0.2, 0.25) is 22.5 Å². The molecule has 0 aromatic carbocycles. The van der Waals surface area contributed by atoms with Crippen LogP contribution in [0.25, 0.3) is 0 Å². The van der Waals surface area contributed by atoms with Crippen LogP contribution in [0.2, 0.25) is 0 Å². The van der Waals surface area contributed by atoms with Crippen molar-refractivity contribution in [3.8, 4) is 0 Å². The molecule has 1 aromatic heterocycles. The molecule has 0 radical (unpaired) electrons. The van der Waals surface area contributed by atoms with Crippen molar-refractivity contribution in [2.45, 2.75) is 58.2 Å². The highest BCUT2D eigenvalue weighted by Gasteiger charge is 2.73. The summed E-state index contributed by atoms with van der Waals surface area (Å²) in [5.74, 6) is -6.06. The molecule has 8 atom stereocenters. The van der Waals surface area contributed by atoms with Crippen LogP contribution >= 0.6 is 12.6 Å². The molecular formula is C26H28F2O6S. The summed E-state index contributed by atoms with van der Waals surface area (Å²) < 4.78 is 41.0. The minimum Gasteiger partial charge on any atom is -0.457 e. The molecule has 4 aliphatic rings. The third kappa shape index (κ3) is 3.00. The molecule has 0 unspecified atom stereocenters. The number of esters is 1. The van der Waals surface area contributed by atoms with Crippen LogP contribution in [0.15, 0.2) is 46.1 Å². The highest BCUT2D eigenvalue weighted by atomic mass is 32.1. The van der Waals surface area contributed by atoms with E-state index in [4.69, 9.17) is 9.15 Å². The Morgan fingerprint density at radius 1 is 1.29 bits per heavy atom. The molecule has 0 amide bonds. The highest BCUT2D eigenvalue weighted by Crippen LogP contribution is 2.70. The second kappa shape index (κ2) is 7.87. The van der Waals surface area contributed by atoms with Crippen LogP contribution in [-0.2, 0) is 14.3 Å². The number of carbonyl (C=O) groups excluding carboxylic acids is 3. The lowest BCUT2D eigenvalue weighted by molar-refractivity contribution is -0.178. The Morgan fingerprint density at radius 2 is 2.00 bits per heavy atom. The summed E-state index contributed by atoms with van der Waals surface area (Å²) in [5.41, 5.74) is -3.62. The number of allylic oxidation sites excluding steroid dienone is 4. The van der Waals surface area contributed by atoms with Gasteiger partial charge in [-0.25, -0.2) is 9.18 Å². The van der Waals surface area contributed by atoms with E-state index < -0.39 is 62.9 Å². The lowest BCUT2D eigenvalue weighted by Crippen LogP contribution is -2.63. The standard InChI is InChI=1S/C26H28F2O6S/c1-12-9-15-14-7-6-13-10-16(29)20(27)21(28)25(13,3)19(14)17(30)11-24(15,2)26(12,23(32)35)34-22(31)18-5-4-8-33-18/h4-5,8,10,12,14-15,17,19,30H,6-7,9,11H2,1-3H3,(H,32,35)/t12-,14+,15+,17+,19-,24+,25+,26+/m1/s1. The molecule has 0 spiro atoms. The second-order valence-corrected chi connectivity index (χ2v) is 11.3. The summed E-state index contributed by atoms with van der Waals surface area (Å²) in [7, 11) is 0. The number of aliphatic hydroxyl groups excluding tert-OH is 1. The van der Waals surface area contributed by atoms with Gasteiger partial charge in [0.1, 0.15) is 5.83 Å². The average molecular weight is 507 g/mol. The van der Waals surface area contributed by atoms with E-state index in [0.717, 1.165) is 0 Å². The minimum absolute atomic E-state index is 0.0205. The van der Waals surface area contributed by atoms with Gasteiger partial charge in [0, 0.05) is 22.7 Å². The molecule has 1 aromatic rings. The maximum atomic E-state index is 15.4. The van der Waals surface area contributed by atoms with Crippen molar-refractivity contribution in [3.63, 3.8) is 0 Å². The summed E-state index contributed by atoms with van der Waals surface area (Å²) in [4.78, 5) is 38.1. The fourth-order valence-electron chi connectivity index (χ4n) is 8.06. The van der Waals surface area contributed by atoms with E-state index in [2.05, 4.69) is 12.6 Å². The molecule has 6 nitrogen and oxygen atoms in total. The predicted octanol–water partition coefficient (Wildman–Crippen LogP) is 4.75. The molecular weight excluding hydrogens is 478 g/mol. The lowest BCUT2D eigenvalue weighted by Gasteiger charge is -2.59. The van der Waals surface area contributed by atoms with Gasteiger partial charge in [-0.15, -0.1) is 12.6 Å². The number of ether oxygens (including phenoxy) is 1. The maximum Gasteiger partial charge on any atom is 0.375 e. The van der Waals surface area contributed by atoms with Crippen molar-refractivity contribution in [3.05, 3.63) is 47.5 Å². The van der Waals surface area contributed by atoms with Crippen LogP contribution < -0.4 is 0 Å². The van der Waals surface area contributed by atoms with Gasteiger partial charge < -0.3 is 14.3 Å². The summed E-state index contributed by atoms with van der Waals surface area (Å²) in [6, 6.07) is 2.97. The van der Waals surface area contributed by atoms with Gasteiger partial charge in [0.25, 0.3) is 0 Å². The molecule has 188 valence electrons. The maximum absolute atomic E-state index is 15.4. The fourth-order valence-corrected chi connectivity index (χ4v) is 8.58. The highest BCUT2D eigenvalue weighted by molar-refractivity contribution is 7.96. The fraction of sp³-hybridized carbons (Fsp3) is 0.577. The minimum atomic E-state index is -1.64. The first-order valence-corrected chi connectivity index (χ1v) is 12.3. The number of ketones is 1. The predicted molar refractivity (Wildman–Crippen MR) is 124 cm³/mol. The Hall–Kier alpha value is -2.26. The van der Waals surface area contributed by atoms with Crippen LogP contribution in [0.3, 0.4) is 0 Å². The number of rotatable bonds is 3. The van der Waals surface area contributed by atoms with E-state index in [1.807, 2.05) is 13.8 Å². The number of hydrogen-bond donors (Lipinski definition) is 2. The van der Waals surface area contributed by atoms with E-state index in [9.17, 15) is 23.9 Å². The van der Waals surface area contributed by atoms with Crippen LogP contribution in [0.4, 0.5) is 8.78 Å². The average Bonchev–Trinajstić information content (AvgIpc) is 3.40. The summed E-state index contributed by atoms with van der Waals surface area (Å²) >= 11 is 4.16. The summed E-state index contributed by atoms with van der Waals surface area (Å²) in [6.07, 6.45) is 2.75. The Kier molecular flexibility index (Phi) is 5.49. The monoisotopic (exact) mass is 506 g/mol. The van der Waals surface area contributed by atoms with E-state index in [-0.39, 0.29) is 24.0 Å². The van der Waals surface area contributed by atoms with E-state index in [1.54, 1.807) is 6.92 Å². The zero-order valence-electron chi connectivity index (χ0n) is 19.7. The number of halogens is 2. The van der Waals surface area contributed by atoms with Gasteiger partial charge >= 0.3 is 5.97 Å². The Morgan fingerprint density at radius 3 is 2.63 bits per heavy atom. The van der Waals surface area contributed by atoms with Crippen molar-refractivity contribution < 1.29 is 37.4 Å². The van der Waals surface area contributed by atoms with Crippen molar-refractivity contribution in [1.29, 1.82) is 0 Å². The van der Waals surface area contributed by atoms with Crippen molar-refractivity contribution in [2.24, 2.45) is 34.5 Å². The lowest BCUT2D eigenvalue weighted by atomic mass is 9.46. The molecule has 1 N–H and O–H groups in total. The first-order valence-electron chi connectivity index (χ1n) is 11.9. The SMILES string of the molecule is C[C@@H]1C[C@H]2[C@@H]3CCC4=CC(=O)C(F)=C(F)[C@]4(C)[C@H]3[C@@H](O)C[C@]2(C)[C@@]1(OC(=O)c1ccco1)C(=O)S. The molecule has 0 aliphatic heterocycles. The van der Waals surface area contributed by atoms with Crippen LogP contribution in [0.1, 0.15) is 57.0 Å². The van der Waals surface area contributed by atoms with E-state index >= 15 is 4.39 Å². The van der Waals surface area contributed by atoms with Crippen molar-refractivity contribution in [1.82, 2.24) is 0 Å². The normalized spacial score (nSPS) is 42.7. The molecule has 5 rings (SSSR count). The summed E-state index contributed by atoms with van der Waals surface area (Å²) in [5, 5.41) is 10.9. The number of aliphatic hydroxyl groups is 1. The molecule has 0 saturated heterocycles. The molecule has 4 aliphatic carbocycles. The number of carbonyl (C=O) groups is 3. The smallest absolute Gasteiger partial charge is 0.375 e. The van der Waals surface area contributed by atoms with Crippen molar-refractivity contribution >= 4 is 29.5 Å². The number of thiol groups is 1. The third-order valence-corrected chi connectivity index (χ3v) is 9.87. The number of hydrogen-bond acceptors (Lipinski definition) is 6. The Labute approximate surface area is 207 Å². The quantitative estimate of drug-likeness (QED) is 0.454. The molecule has 1 heterocycles. The second-order valence-electron chi connectivity index (χ2n) is 10.9. The van der Waals surface area contributed by atoms with Gasteiger partial charge in [-0.1, -0.05) is 19.4 Å². The third-order valence-electron chi connectivity index (χ3n) is 9.54. The van der Waals surface area contributed by atoms with E-state index in [1.165, 1.54) is 24.5 Å². The van der Waals surface area contributed by atoms with E-state index in [0.29, 0.717) is 24.8 Å². The molecule has 9 heteroatoms. The Balaban J connectivity index is 1.59. The van der Waals surface area contributed by atoms with Crippen LogP contribution in [-0.4, -0.2) is 33.7 Å². The van der Waals surface area contributed by atoms with Crippen molar-refractivity contribution in [2.75, 3.05) is 0 Å². The van der Waals surface area contributed by atoms with Gasteiger partial charge in [0.05, 0.1) is 12.4 Å². The zero-order chi connectivity index (χ0) is 25.5. The van der Waals surface area contributed by atoms with Gasteiger partial charge in [0.15, 0.2) is 5.60 Å². The van der Waals surface area contributed by atoms with Crippen LogP contribution in [0, 0.1) is 34.5 Å². The van der Waals surface area contributed by atoms with Gasteiger partial charge in [-0.05, 0) is 62.7 Å². The first-order chi connectivity index (χ1) is 16.4. The molecule has 3 saturated carbocycles. The molecule has 0 bridgehead atoms. The summed E-state index contributed by atoms with van der Waals surface area (Å²) in [6.45, 7) is 5.17. The topological polar surface area (TPSA) is 93.8 Å². The Bertz CT molecular complexity index is 1170. The molecule has 35 heavy (non-hydrogen) atoms. The number of fused-ring (bicyclic) bond motifs is 5. The van der Waals surface area contributed by atoms with Gasteiger partial charge in [-0.2, -0.15) is 4.39 Å². The van der Waals surface area contributed by atoms with Gasteiger partial charge in [-0.3, -0.25) is 9.59 Å². The molecule has 3 fully saturated rings. The number of furan rings is 1. The first kappa shape index (κ1) is 24.4. The zero-order valence-corrected chi connectivity index (χ0v) is 20.6.